The number of hydrogen-bond donors (Lipinski definition) is 4. The van der Waals surface area contributed by atoms with Crippen LogP contribution in [-0.2, 0) is 38.3 Å². The Kier molecular flexibility index (Phi) is 35.3. The van der Waals surface area contributed by atoms with E-state index >= 15 is 0 Å². The first-order chi connectivity index (χ1) is 28.6. The van der Waals surface area contributed by atoms with Gasteiger partial charge in [-0.3, -0.25) is 9.35 Å². The van der Waals surface area contributed by atoms with Crippen LogP contribution >= 0.6 is 0 Å². The lowest BCUT2D eigenvalue weighted by atomic mass is 9.99. The zero-order valence-corrected chi connectivity index (χ0v) is 37.4. The molecule has 59 heavy (non-hydrogen) atoms. The van der Waals surface area contributed by atoms with Gasteiger partial charge in [-0.05, 0) is 70.6 Å². The zero-order valence-electron chi connectivity index (χ0n) is 36.6. The maximum absolute atomic E-state index is 12.8. The Bertz CT molecular complexity index is 1220. The van der Waals surface area contributed by atoms with Crippen LogP contribution in [0.3, 0.4) is 0 Å². The largest absolute Gasteiger partial charge is 0.457 e. The Balaban J connectivity index is 2.43. The molecule has 0 aromatic heterocycles. The number of rotatable bonds is 39. The van der Waals surface area contributed by atoms with Crippen LogP contribution in [0.25, 0.3) is 0 Å². The number of aliphatic hydroxyl groups excluding tert-OH is 3. The lowest BCUT2D eigenvalue weighted by molar-refractivity contribution is -0.301. The van der Waals surface area contributed by atoms with E-state index in [9.17, 15) is 28.5 Å². The fourth-order valence-corrected chi connectivity index (χ4v) is 7.17. The molecule has 0 aliphatic carbocycles. The third kappa shape index (κ3) is 31.6. The molecule has 0 aromatic carbocycles. The van der Waals surface area contributed by atoms with E-state index in [2.05, 4.69) is 66.6 Å². The Morgan fingerprint density at radius 1 is 0.644 bits per heavy atom. The van der Waals surface area contributed by atoms with Crippen molar-refractivity contribution >= 4 is 16.4 Å². The van der Waals surface area contributed by atoms with Crippen molar-refractivity contribution in [1.29, 1.82) is 0 Å². The van der Waals surface area contributed by atoms with Crippen molar-refractivity contribution in [2.45, 2.75) is 211 Å². The number of hydrogen-bond acceptors (Lipinski definition) is 11. The summed E-state index contributed by atoms with van der Waals surface area (Å²) in [6.45, 7) is 3.89. The van der Waals surface area contributed by atoms with Crippen molar-refractivity contribution in [2.75, 3.05) is 26.4 Å². The second-order valence-corrected chi connectivity index (χ2v) is 16.7. The van der Waals surface area contributed by atoms with Gasteiger partial charge in [0.15, 0.2) is 6.29 Å². The first-order valence-electron chi connectivity index (χ1n) is 22.9. The molecule has 4 N–H and O–H groups in total. The normalized spacial score (nSPS) is 20.8. The summed E-state index contributed by atoms with van der Waals surface area (Å²) in [4.78, 5) is 12.8. The quantitative estimate of drug-likeness (QED) is 0.0199. The van der Waals surface area contributed by atoms with E-state index in [0.29, 0.717) is 13.0 Å². The highest BCUT2D eigenvalue weighted by atomic mass is 32.3. The molecule has 0 saturated carbocycles. The van der Waals surface area contributed by atoms with E-state index in [-0.39, 0.29) is 19.6 Å². The number of allylic oxidation sites excluding steroid dienone is 8. The summed E-state index contributed by atoms with van der Waals surface area (Å²) >= 11 is 0. The van der Waals surface area contributed by atoms with Crippen molar-refractivity contribution in [3.05, 3.63) is 48.6 Å². The second-order valence-electron chi connectivity index (χ2n) is 15.6. The number of esters is 1. The smallest absolute Gasteiger partial charge is 0.397 e. The van der Waals surface area contributed by atoms with Gasteiger partial charge in [0.2, 0.25) is 0 Å². The van der Waals surface area contributed by atoms with Gasteiger partial charge < -0.3 is 34.3 Å². The molecule has 1 aliphatic heterocycles. The standard InChI is InChI=1S/C46H82O12S/c1-3-5-7-9-11-13-15-17-19-20-21-22-24-26-28-30-32-34-36-54-38-40(39-55-46-44(50)45(58-59(51,52)53)43(49)41(37-47)57-46)56-42(48)35-33-31-29-27-25-23-18-16-14-12-10-8-6-4-2/h10-13,16-19,40-41,43-47,49-50H,3-9,14-15,20-39H2,1-2H3,(H,51,52,53)/b12-10-,13-11-,18-16-,19-17-. The summed E-state index contributed by atoms with van der Waals surface area (Å²) in [5.74, 6) is -0.417. The number of ether oxygens (including phenoxy) is 4. The van der Waals surface area contributed by atoms with Crippen molar-refractivity contribution in [3.63, 3.8) is 0 Å². The molecular weight excluding hydrogens is 777 g/mol. The maximum Gasteiger partial charge on any atom is 0.397 e. The first kappa shape index (κ1) is 55.1. The van der Waals surface area contributed by atoms with Gasteiger partial charge in [0.25, 0.3) is 0 Å². The molecule has 0 spiro atoms. The molecule has 6 unspecified atom stereocenters. The second kappa shape index (κ2) is 37.8. The molecule has 1 saturated heterocycles. The fraction of sp³-hybridized carbons (Fsp3) is 0.804. The average molecular weight is 859 g/mol. The Labute approximate surface area is 357 Å². The monoisotopic (exact) mass is 859 g/mol. The third-order valence-electron chi connectivity index (χ3n) is 10.2. The van der Waals surface area contributed by atoms with Crippen LogP contribution in [0.5, 0.6) is 0 Å². The molecule has 0 bridgehead atoms. The first-order valence-corrected chi connectivity index (χ1v) is 24.3. The minimum absolute atomic E-state index is 0.0251. The fourth-order valence-electron chi connectivity index (χ4n) is 6.66. The van der Waals surface area contributed by atoms with Crippen LogP contribution in [0.2, 0.25) is 0 Å². The molecule has 6 atom stereocenters. The third-order valence-corrected chi connectivity index (χ3v) is 10.6. The molecule has 1 heterocycles. The number of aliphatic hydroxyl groups is 3. The maximum atomic E-state index is 12.8. The van der Waals surface area contributed by atoms with Crippen molar-refractivity contribution < 1.29 is 56.2 Å². The molecule has 1 rings (SSSR count). The molecule has 0 radical (unpaired) electrons. The van der Waals surface area contributed by atoms with Gasteiger partial charge >= 0.3 is 16.4 Å². The van der Waals surface area contributed by atoms with Gasteiger partial charge in [0.1, 0.15) is 30.5 Å². The molecule has 0 aromatic rings. The summed E-state index contributed by atoms with van der Waals surface area (Å²) in [5, 5.41) is 30.7. The molecule has 1 aliphatic rings. The van der Waals surface area contributed by atoms with Gasteiger partial charge in [-0.25, -0.2) is 4.18 Å². The van der Waals surface area contributed by atoms with E-state index in [1.165, 1.54) is 70.6 Å². The number of carbonyl (C=O) groups is 1. The van der Waals surface area contributed by atoms with Gasteiger partial charge in [-0.2, -0.15) is 8.42 Å². The van der Waals surface area contributed by atoms with Crippen molar-refractivity contribution in [3.8, 4) is 0 Å². The summed E-state index contributed by atoms with van der Waals surface area (Å²) < 4.78 is 59.0. The van der Waals surface area contributed by atoms with E-state index in [0.717, 1.165) is 77.0 Å². The van der Waals surface area contributed by atoms with Crippen LogP contribution < -0.4 is 0 Å². The number of unbranched alkanes of at least 4 members (excludes halogenated alkanes) is 18. The number of carbonyl (C=O) groups excluding carboxylic acids is 1. The van der Waals surface area contributed by atoms with Crippen LogP contribution in [0.15, 0.2) is 48.6 Å². The van der Waals surface area contributed by atoms with Gasteiger partial charge in [-0.1, -0.05) is 146 Å². The summed E-state index contributed by atoms with van der Waals surface area (Å²) in [5.41, 5.74) is 0. The molecule has 13 heteroatoms. The SMILES string of the molecule is CCCC/C=C\C/C=C\CCCCCCCC(=O)OC(COCCCCCCCCCC/C=C\C/C=C\CCCCC)COC1OC(CO)C(O)C(OS(=O)(=O)O)C1O. The van der Waals surface area contributed by atoms with Gasteiger partial charge in [0.05, 0.1) is 19.8 Å². The van der Waals surface area contributed by atoms with Crippen molar-refractivity contribution in [2.24, 2.45) is 0 Å². The van der Waals surface area contributed by atoms with Crippen LogP contribution in [0, 0.1) is 0 Å². The van der Waals surface area contributed by atoms with Crippen molar-refractivity contribution in [1.82, 2.24) is 0 Å². The topological polar surface area (TPSA) is 178 Å². The summed E-state index contributed by atoms with van der Waals surface area (Å²) in [7, 11) is -5.06. The summed E-state index contributed by atoms with van der Waals surface area (Å²) in [6, 6.07) is 0. The van der Waals surface area contributed by atoms with E-state index in [4.69, 9.17) is 23.5 Å². The Hall–Kier alpha value is -1.94. The van der Waals surface area contributed by atoms with E-state index in [1.807, 2.05) is 0 Å². The molecule has 1 fully saturated rings. The highest BCUT2D eigenvalue weighted by molar-refractivity contribution is 7.80. The predicted octanol–water partition coefficient (Wildman–Crippen LogP) is 9.58. The summed E-state index contributed by atoms with van der Waals surface area (Å²) in [6.07, 6.45) is 35.7. The Morgan fingerprint density at radius 2 is 1.14 bits per heavy atom. The van der Waals surface area contributed by atoms with Gasteiger partial charge in [0, 0.05) is 13.0 Å². The highest BCUT2D eigenvalue weighted by Crippen LogP contribution is 2.26. The molecule has 0 amide bonds. The van der Waals surface area contributed by atoms with Crippen LogP contribution in [0.1, 0.15) is 174 Å². The zero-order chi connectivity index (χ0) is 43.2. The lowest BCUT2D eigenvalue weighted by Crippen LogP contribution is -2.60. The Morgan fingerprint density at radius 3 is 1.66 bits per heavy atom. The van der Waals surface area contributed by atoms with Crippen LogP contribution in [0.4, 0.5) is 0 Å². The molecular formula is C46H82O12S. The van der Waals surface area contributed by atoms with E-state index in [1.54, 1.807) is 0 Å². The molecule has 344 valence electrons. The lowest BCUT2D eigenvalue weighted by Gasteiger charge is -2.41. The average Bonchev–Trinajstić information content (AvgIpc) is 3.20. The van der Waals surface area contributed by atoms with E-state index < -0.39 is 59.8 Å². The highest BCUT2D eigenvalue weighted by Gasteiger charge is 2.48. The van der Waals surface area contributed by atoms with Gasteiger partial charge in [-0.15, -0.1) is 0 Å². The predicted molar refractivity (Wildman–Crippen MR) is 234 cm³/mol. The molecule has 12 nitrogen and oxygen atoms in total. The van der Waals surface area contributed by atoms with Crippen LogP contribution in [-0.4, -0.2) is 97.5 Å². The minimum atomic E-state index is -5.06. The minimum Gasteiger partial charge on any atom is -0.457 e.